The molecule has 1 amide bonds. The highest BCUT2D eigenvalue weighted by Crippen LogP contribution is 2.40. The molecule has 4 nitrogen and oxygen atoms in total. The Labute approximate surface area is 154 Å². The highest BCUT2D eigenvalue weighted by Gasteiger charge is 2.31. The lowest BCUT2D eigenvalue weighted by atomic mass is 9.97. The van der Waals surface area contributed by atoms with Crippen molar-refractivity contribution in [3.63, 3.8) is 0 Å². The van der Waals surface area contributed by atoms with E-state index in [1.165, 1.54) is 12.1 Å². The lowest BCUT2D eigenvalue weighted by molar-refractivity contribution is -0.137. The molecule has 1 unspecified atom stereocenters. The van der Waals surface area contributed by atoms with E-state index in [2.05, 4.69) is 5.32 Å². The van der Waals surface area contributed by atoms with E-state index in [-0.39, 0.29) is 24.0 Å². The molecule has 0 saturated heterocycles. The van der Waals surface area contributed by atoms with E-state index < -0.39 is 17.6 Å². The van der Waals surface area contributed by atoms with Crippen LogP contribution in [0.2, 0.25) is 0 Å². The number of nitrogens with one attached hydrogen (secondary N) is 1. The summed E-state index contributed by atoms with van der Waals surface area (Å²) in [7, 11) is 0. The van der Waals surface area contributed by atoms with Gasteiger partial charge >= 0.3 is 6.18 Å². The maximum Gasteiger partial charge on any atom is 0.416 e. The minimum absolute atomic E-state index is 0.0145. The number of alkyl halides is 3. The molecule has 0 spiro atoms. The number of hydrogen-bond acceptors (Lipinski definition) is 3. The van der Waals surface area contributed by atoms with Crippen LogP contribution >= 0.6 is 0 Å². The molecule has 27 heavy (non-hydrogen) atoms. The van der Waals surface area contributed by atoms with Gasteiger partial charge in [-0.15, -0.1) is 0 Å². The Morgan fingerprint density at radius 3 is 2.48 bits per heavy atom. The van der Waals surface area contributed by atoms with Gasteiger partial charge in [-0.05, 0) is 54.3 Å². The first kappa shape index (κ1) is 18.9. The van der Waals surface area contributed by atoms with E-state index >= 15 is 0 Å². The normalized spacial score (nSPS) is 16.2. The molecule has 0 aromatic heterocycles. The van der Waals surface area contributed by atoms with Gasteiger partial charge in [-0.3, -0.25) is 9.59 Å². The van der Waals surface area contributed by atoms with Crippen LogP contribution in [0, 0.1) is 6.92 Å². The molecule has 0 heterocycles. The Morgan fingerprint density at radius 2 is 1.85 bits per heavy atom. The van der Waals surface area contributed by atoms with Crippen molar-refractivity contribution in [3.8, 4) is 5.75 Å². The number of ether oxygens (including phenoxy) is 1. The Morgan fingerprint density at radius 1 is 1.19 bits per heavy atom. The number of carbonyl (C=O) groups is 2. The number of rotatable bonds is 4. The molecule has 0 saturated carbocycles. The Kier molecular flexibility index (Phi) is 4.95. The van der Waals surface area contributed by atoms with Gasteiger partial charge in [0.2, 0.25) is 0 Å². The number of ketones is 1. The first-order chi connectivity index (χ1) is 12.7. The topological polar surface area (TPSA) is 55.4 Å². The van der Waals surface area contributed by atoms with Crippen LogP contribution in [0.25, 0.3) is 0 Å². The molecule has 3 rings (SSSR count). The van der Waals surface area contributed by atoms with E-state index in [0.717, 1.165) is 23.3 Å². The predicted molar refractivity (Wildman–Crippen MR) is 94.1 cm³/mol. The molecule has 0 radical (unpaired) electrons. The molecule has 0 bridgehead atoms. The van der Waals surface area contributed by atoms with Gasteiger partial charge in [0.05, 0.1) is 11.1 Å². The Balaban J connectivity index is 1.66. The summed E-state index contributed by atoms with van der Waals surface area (Å²) in [6.07, 6.45) is -4.02. The van der Waals surface area contributed by atoms with Crippen LogP contribution in [-0.2, 0) is 11.0 Å². The molecule has 1 aliphatic rings. The van der Waals surface area contributed by atoms with Crippen LogP contribution in [0.15, 0.2) is 36.4 Å². The number of anilines is 1. The summed E-state index contributed by atoms with van der Waals surface area (Å²) in [5, 5.41) is 2.47. The van der Waals surface area contributed by atoms with Crippen LogP contribution in [0.1, 0.15) is 46.3 Å². The summed E-state index contributed by atoms with van der Waals surface area (Å²) in [6, 6.07) is 7.64. The molecule has 1 N–H and O–H groups in total. The second-order valence-corrected chi connectivity index (χ2v) is 6.61. The molecule has 0 aliphatic heterocycles. The zero-order chi connectivity index (χ0) is 19.8. The lowest BCUT2D eigenvalue weighted by Crippen LogP contribution is -2.21. The summed E-state index contributed by atoms with van der Waals surface area (Å²) >= 11 is 0. The molecule has 1 aliphatic carbocycles. The van der Waals surface area contributed by atoms with E-state index in [9.17, 15) is 22.8 Å². The number of fused-ring (bicyclic) bond motifs is 1. The third-order valence-corrected chi connectivity index (χ3v) is 4.54. The van der Waals surface area contributed by atoms with Gasteiger partial charge in [0.1, 0.15) is 5.75 Å². The average molecular weight is 377 g/mol. The smallest absolute Gasteiger partial charge is 0.416 e. The third kappa shape index (κ3) is 3.97. The molecule has 7 heteroatoms. The van der Waals surface area contributed by atoms with Crippen molar-refractivity contribution in [2.75, 3.05) is 11.9 Å². The number of halogens is 3. The fourth-order valence-electron chi connectivity index (χ4n) is 3.31. The zero-order valence-electron chi connectivity index (χ0n) is 14.8. The van der Waals surface area contributed by atoms with Crippen LogP contribution in [-0.4, -0.2) is 18.3 Å². The van der Waals surface area contributed by atoms with Crippen LogP contribution in [0.5, 0.6) is 5.75 Å². The summed E-state index contributed by atoms with van der Waals surface area (Å²) < 4.78 is 43.2. The minimum atomic E-state index is -4.43. The molecule has 2 aromatic carbocycles. The fraction of sp³-hybridized carbons (Fsp3) is 0.300. The second kappa shape index (κ2) is 7.06. The SMILES string of the molecule is Cc1ccc(OCC(=O)Nc2ccc(C(F)(F)F)cc2)c2c1C(C)CC2=O. The van der Waals surface area contributed by atoms with Gasteiger partial charge in [-0.2, -0.15) is 13.2 Å². The number of carbonyl (C=O) groups excluding carboxylic acids is 2. The monoisotopic (exact) mass is 377 g/mol. The van der Waals surface area contributed by atoms with E-state index in [1.54, 1.807) is 6.07 Å². The van der Waals surface area contributed by atoms with Crippen molar-refractivity contribution in [2.24, 2.45) is 0 Å². The van der Waals surface area contributed by atoms with Gasteiger partial charge in [0.15, 0.2) is 12.4 Å². The van der Waals surface area contributed by atoms with E-state index in [1.807, 2.05) is 19.9 Å². The summed E-state index contributed by atoms with van der Waals surface area (Å²) in [4.78, 5) is 24.3. The maximum absolute atomic E-state index is 12.6. The molecule has 2 aromatic rings. The summed E-state index contributed by atoms with van der Waals surface area (Å²) in [5.74, 6) is -0.0773. The number of aryl methyl sites for hydroxylation is 1. The number of benzene rings is 2. The first-order valence-corrected chi connectivity index (χ1v) is 8.43. The van der Waals surface area contributed by atoms with Crippen molar-refractivity contribution >= 4 is 17.4 Å². The highest BCUT2D eigenvalue weighted by atomic mass is 19.4. The number of amides is 1. The second-order valence-electron chi connectivity index (χ2n) is 6.61. The minimum Gasteiger partial charge on any atom is -0.483 e. The van der Waals surface area contributed by atoms with Gasteiger partial charge in [-0.25, -0.2) is 0 Å². The lowest BCUT2D eigenvalue weighted by Gasteiger charge is -2.13. The van der Waals surface area contributed by atoms with Gasteiger partial charge in [-0.1, -0.05) is 13.0 Å². The molecule has 142 valence electrons. The molecule has 0 fully saturated rings. The quantitative estimate of drug-likeness (QED) is 0.839. The van der Waals surface area contributed by atoms with Gasteiger partial charge < -0.3 is 10.1 Å². The predicted octanol–water partition coefficient (Wildman–Crippen LogP) is 4.72. The van der Waals surface area contributed by atoms with Gasteiger partial charge in [0, 0.05) is 12.1 Å². The van der Waals surface area contributed by atoms with Crippen molar-refractivity contribution in [3.05, 3.63) is 58.7 Å². The Bertz CT molecular complexity index is 889. The maximum atomic E-state index is 12.6. The highest BCUT2D eigenvalue weighted by molar-refractivity contribution is 6.04. The van der Waals surface area contributed by atoms with Crippen LogP contribution in [0.3, 0.4) is 0 Å². The fourth-order valence-corrected chi connectivity index (χ4v) is 3.31. The van der Waals surface area contributed by atoms with E-state index in [0.29, 0.717) is 17.7 Å². The standard InChI is InChI=1S/C20H18F3NO3/c1-11-3-8-16(19-15(25)9-12(2)18(11)19)27-10-17(26)24-14-6-4-13(5-7-14)20(21,22)23/h3-8,12H,9-10H2,1-2H3,(H,24,26). The molecular weight excluding hydrogens is 359 g/mol. The summed E-state index contributed by atoms with van der Waals surface area (Å²) in [5.41, 5.74) is 1.91. The largest absolute Gasteiger partial charge is 0.483 e. The molecular formula is C20H18F3NO3. The number of Topliss-reactive ketones (excluding diaryl/α,β-unsaturated/α-hetero) is 1. The first-order valence-electron chi connectivity index (χ1n) is 8.43. The zero-order valence-corrected chi connectivity index (χ0v) is 14.8. The third-order valence-electron chi connectivity index (χ3n) is 4.54. The van der Waals surface area contributed by atoms with Crippen LogP contribution in [0.4, 0.5) is 18.9 Å². The van der Waals surface area contributed by atoms with Crippen molar-refractivity contribution in [1.29, 1.82) is 0 Å². The van der Waals surface area contributed by atoms with E-state index in [4.69, 9.17) is 4.74 Å². The Hall–Kier alpha value is -2.83. The average Bonchev–Trinajstić information content (AvgIpc) is 2.90. The van der Waals surface area contributed by atoms with Crippen molar-refractivity contribution in [2.45, 2.75) is 32.4 Å². The van der Waals surface area contributed by atoms with Crippen molar-refractivity contribution in [1.82, 2.24) is 0 Å². The van der Waals surface area contributed by atoms with Crippen LogP contribution < -0.4 is 10.1 Å². The summed E-state index contributed by atoms with van der Waals surface area (Å²) in [6.45, 7) is 3.55. The van der Waals surface area contributed by atoms with Crippen molar-refractivity contribution < 1.29 is 27.5 Å². The number of hydrogen-bond donors (Lipinski definition) is 1. The molecule has 1 atom stereocenters. The van der Waals surface area contributed by atoms with Gasteiger partial charge in [0.25, 0.3) is 5.91 Å².